The SMILES string of the molecule is O=C(O)c1ccc(C(=O)c2ccc3oc4ccccc4c3c2)cc1. The van der Waals surface area contributed by atoms with E-state index in [4.69, 9.17) is 9.52 Å². The maximum absolute atomic E-state index is 12.7. The highest BCUT2D eigenvalue weighted by Gasteiger charge is 2.13. The first-order valence-corrected chi connectivity index (χ1v) is 7.43. The molecule has 0 aliphatic carbocycles. The molecule has 1 aromatic heterocycles. The van der Waals surface area contributed by atoms with Crippen LogP contribution in [0, 0.1) is 0 Å². The molecule has 4 rings (SSSR count). The number of para-hydroxylation sites is 1. The van der Waals surface area contributed by atoms with Crippen molar-refractivity contribution in [1.29, 1.82) is 0 Å². The summed E-state index contributed by atoms with van der Waals surface area (Å²) in [6, 6.07) is 18.9. The monoisotopic (exact) mass is 316 g/mol. The summed E-state index contributed by atoms with van der Waals surface area (Å²) in [5.74, 6) is -1.17. The number of benzene rings is 3. The van der Waals surface area contributed by atoms with Crippen LogP contribution in [0.3, 0.4) is 0 Å². The van der Waals surface area contributed by atoms with Gasteiger partial charge in [-0.05, 0) is 36.4 Å². The fourth-order valence-electron chi connectivity index (χ4n) is 2.80. The van der Waals surface area contributed by atoms with E-state index in [-0.39, 0.29) is 11.3 Å². The number of hydrogen-bond acceptors (Lipinski definition) is 3. The molecule has 0 aliphatic rings. The van der Waals surface area contributed by atoms with E-state index in [1.807, 2.05) is 30.3 Å². The summed E-state index contributed by atoms with van der Waals surface area (Å²) >= 11 is 0. The fraction of sp³-hybridized carbons (Fsp3) is 0. The Morgan fingerprint density at radius 2 is 1.33 bits per heavy atom. The van der Waals surface area contributed by atoms with E-state index >= 15 is 0 Å². The molecule has 0 saturated carbocycles. The van der Waals surface area contributed by atoms with Crippen LogP contribution in [0.25, 0.3) is 21.9 Å². The van der Waals surface area contributed by atoms with Crippen LogP contribution in [0.15, 0.2) is 71.1 Å². The number of aromatic carboxylic acids is 1. The number of ketones is 1. The highest BCUT2D eigenvalue weighted by atomic mass is 16.4. The van der Waals surface area contributed by atoms with Gasteiger partial charge in [0.15, 0.2) is 5.78 Å². The Balaban J connectivity index is 1.79. The molecule has 0 saturated heterocycles. The minimum atomic E-state index is -1.01. The van der Waals surface area contributed by atoms with Gasteiger partial charge in [-0.3, -0.25) is 4.79 Å². The zero-order valence-electron chi connectivity index (χ0n) is 12.5. The lowest BCUT2D eigenvalue weighted by molar-refractivity contribution is 0.0696. The average molecular weight is 316 g/mol. The minimum absolute atomic E-state index is 0.154. The van der Waals surface area contributed by atoms with Crippen molar-refractivity contribution in [2.75, 3.05) is 0 Å². The zero-order valence-corrected chi connectivity index (χ0v) is 12.5. The molecule has 0 aliphatic heterocycles. The van der Waals surface area contributed by atoms with Crippen molar-refractivity contribution in [3.05, 3.63) is 83.4 Å². The molecule has 0 atom stereocenters. The van der Waals surface area contributed by atoms with E-state index in [0.717, 1.165) is 21.9 Å². The normalized spacial score (nSPS) is 11.0. The summed E-state index contributed by atoms with van der Waals surface area (Å²) in [6.07, 6.45) is 0. The van der Waals surface area contributed by atoms with Crippen molar-refractivity contribution in [2.24, 2.45) is 0 Å². The van der Waals surface area contributed by atoms with Gasteiger partial charge in [0.2, 0.25) is 0 Å². The first-order chi connectivity index (χ1) is 11.6. The number of carbonyl (C=O) groups is 2. The maximum atomic E-state index is 12.7. The van der Waals surface area contributed by atoms with E-state index in [0.29, 0.717) is 11.1 Å². The Morgan fingerprint density at radius 3 is 2.08 bits per heavy atom. The molecule has 1 N–H and O–H groups in total. The number of hydrogen-bond donors (Lipinski definition) is 1. The van der Waals surface area contributed by atoms with Crippen molar-refractivity contribution in [3.63, 3.8) is 0 Å². The highest BCUT2D eigenvalue weighted by Crippen LogP contribution is 2.29. The quantitative estimate of drug-likeness (QED) is 0.564. The molecule has 0 spiro atoms. The van der Waals surface area contributed by atoms with Gasteiger partial charge in [0.05, 0.1) is 5.56 Å². The van der Waals surface area contributed by atoms with E-state index in [9.17, 15) is 9.59 Å². The molecule has 4 nitrogen and oxygen atoms in total. The molecule has 4 heteroatoms. The van der Waals surface area contributed by atoms with Crippen LogP contribution in [0.2, 0.25) is 0 Å². The van der Waals surface area contributed by atoms with Crippen molar-refractivity contribution < 1.29 is 19.1 Å². The summed E-state index contributed by atoms with van der Waals surface area (Å²) < 4.78 is 5.76. The molecule has 0 bridgehead atoms. The molecule has 116 valence electrons. The van der Waals surface area contributed by atoms with Crippen LogP contribution in [0.4, 0.5) is 0 Å². The van der Waals surface area contributed by atoms with Crippen LogP contribution in [-0.2, 0) is 0 Å². The van der Waals surface area contributed by atoms with Crippen LogP contribution < -0.4 is 0 Å². The first-order valence-electron chi connectivity index (χ1n) is 7.43. The molecular formula is C20H12O4. The second-order valence-corrected chi connectivity index (χ2v) is 5.52. The third-order valence-corrected chi connectivity index (χ3v) is 4.03. The summed E-state index contributed by atoms with van der Waals surface area (Å²) in [6.45, 7) is 0. The molecule has 1 heterocycles. The third-order valence-electron chi connectivity index (χ3n) is 4.03. The molecule has 0 fully saturated rings. The lowest BCUT2D eigenvalue weighted by atomic mass is 10.0. The van der Waals surface area contributed by atoms with E-state index in [1.54, 1.807) is 12.1 Å². The fourth-order valence-corrected chi connectivity index (χ4v) is 2.80. The van der Waals surface area contributed by atoms with E-state index < -0.39 is 5.97 Å². The van der Waals surface area contributed by atoms with Crippen molar-refractivity contribution in [3.8, 4) is 0 Å². The first kappa shape index (κ1) is 14.2. The third kappa shape index (κ3) is 2.25. The van der Waals surface area contributed by atoms with Crippen molar-refractivity contribution in [2.45, 2.75) is 0 Å². The second-order valence-electron chi connectivity index (χ2n) is 5.52. The molecule has 4 aromatic rings. The number of carbonyl (C=O) groups excluding carboxylic acids is 1. The summed E-state index contributed by atoms with van der Waals surface area (Å²) in [5, 5.41) is 10.8. The van der Waals surface area contributed by atoms with E-state index in [1.165, 1.54) is 24.3 Å². The standard InChI is InChI=1S/C20H12O4/c21-19(12-5-7-13(8-6-12)20(22)23)14-9-10-18-16(11-14)15-3-1-2-4-17(15)24-18/h1-11H,(H,22,23). The molecule has 3 aromatic carbocycles. The van der Waals surface area contributed by atoms with Crippen LogP contribution in [0.5, 0.6) is 0 Å². The largest absolute Gasteiger partial charge is 0.478 e. The van der Waals surface area contributed by atoms with Gasteiger partial charge in [-0.25, -0.2) is 4.79 Å². The van der Waals surface area contributed by atoms with Gasteiger partial charge >= 0.3 is 5.97 Å². The van der Waals surface area contributed by atoms with Gasteiger partial charge in [-0.15, -0.1) is 0 Å². The number of fused-ring (bicyclic) bond motifs is 3. The predicted molar refractivity (Wildman–Crippen MR) is 90.6 cm³/mol. The van der Waals surface area contributed by atoms with Crippen LogP contribution >= 0.6 is 0 Å². The molecule has 0 amide bonds. The average Bonchev–Trinajstić information content (AvgIpc) is 2.99. The predicted octanol–water partition coefficient (Wildman–Crippen LogP) is 4.52. The molecule has 24 heavy (non-hydrogen) atoms. The topological polar surface area (TPSA) is 67.5 Å². The number of furan rings is 1. The smallest absolute Gasteiger partial charge is 0.335 e. The van der Waals surface area contributed by atoms with Gasteiger partial charge in [-0.1, -0.05) is 30.3 Å². The lowest BCUT2D eigenvalue weighted by Gasteiger charge is -2.02. The second kappa shape index (κ2) is 5.35. The zero-order chi connectivity index (χ0) is 16.7. The minimum Gasteiger partial charge on any atom is -0.478 e. The molecular weight excluding hydrogens is 304 g/mol. The Hall–Kier alpha value is -3.40. The lowest BCUT2D eigenvalue weighted by Crippen LogP contribution is -2.02. The summed E-state index contributed by atoms with van der Waals surface area (Å²) in [4.78, 5) is 23.5. The number of carboxylic acid groups (broad SMARTS) is 1. The summed E-state index contributed by atoms with van der Waals surface area (Å²) in [5.41, 5.74) is 2.66. The Bertz CT molecular complexity index is 1090. The maximum Gasteiger partial charge on any atom is 0.335 e. The van der Waals surface area contributed by atoms with Crippen LogP contribution in [0.1, 0.15) is 26.3 Å². The van der Waals surface area contributed by atoms with E-state index in [2.05, 4.69) is 0 Å². The van der Waals surface area contributed by atoms with Gasteiger partial charge in [0.1, 0.15) is 11.2 Å². The highest BCUT2D eigenvalue weighted by molar-refractivity contribution is 6.13. The number of rotatable bonds is 3. The van der Waals surface area contributed by atoms with Crippen molar-refractivity contribution >= 4 is 33.7 Å². The molecule has 0 radical (unpaired) electrons. The van der Waals surface area contributed by atoms with Gasteiger partial charge in [-0.2, -0.15) is 0 Å². The molecule has 0 unspecified atom stereocenters. The van der Waals surface area contributed by atoms with Gasteiger partial charge < -0.3 is 9.52 Å². The van der Waals surface area contributed by atoms with Gasteiger partial charge in [0.25, 0.3) is 0 Å². The summed E-state index contributed by atoms with van der Waals surface area (Å²) in [7, 11) is 0. The van der Waals surface area contributed by atoms with Crippen LogP contribution in [-0.4, -0.2) is 16.9 Å². The Labute approximate surface area is 136 Å². The Morgan fingerprint density at radius 1 is 0.708 bits per heavy atom. The van der Waals surface area contributed by atoms with Gasteiger partial charge in [0, 0.05) is 21.9 Å². The number of carboxylic acids is 1. The Kier molecular flexibility index (Phi) is 3.17. The van der Waals surface area contributed by atoms with Crippen molar-refractivity contribution in [1.82, 2.24) is 0 Å².